The van der Waals surface area contributed by atoms with Gasteiger partial charge in [-0.15, -0.1) is 12.4 Å². The van der Waals surface area contributed by atoms with Gasteiger partial charge in [0.1, 0.15) is 5.60 Å². The highest BCUT2D eigenvalue weighted by Crippen LogP contribution is 2.45. The first-order valence-electron chi connectivity index (χ1n) is 9.37. The lowest BCUT2D eigenvalue weighted by Crippen LogP contribution is -2.40. The van der Waals surface area contributed by atoms with Gasteiger partial charge in [-0.1, -0.05) is 74.5 Å². The maximum atomic E-state index is 11.3. The van der Waals surface area contributed by atoms with Crippen LogP contribution < -0.4 is 0 Å². The van der Waals surface area contributed by atoms with Crippen molar-refractivity contribution in [2.24, 2.45) is 5.92 Å². The average molecular weight is 376 g/mol. The number of hydrogen-bond acceptors (Lipinski definition) is 3. The van der Waals surface area contributed by atoms with Crippen LogP contribution in [-0.4, -0.2) is 42.4 Å². The maximum Gasteiger partial charge on any atom is 0.144 e. The van der Waals surface area contributed by atoms with E-state index in [2.05, 4.69) is 43.0 Å². The molecule has 0 amide bonds. The fourth-order valence-corrected chi connectivity index (χ4v) is 3.92. The van der Waals surface area contributed by atoms with E-state index in [0.29, 0.717) is 6.61 Å². The van der Waals surface area contributed by atoms with Crippen molar-refractivity contribution in [2.75, 3.05) is 26.2 Å². The third-order valence-electron chi connectivity index (χ3n) is 5.50. The van der Waals surface area contributed by atoms with E-state index in [1.54, 1.807) is 0 Å². The molecule has 1 N–H and O–H groups in total. The van der Waals surface area contributed by atoms with Crippen molar-refractivity contribution >= 4 is 12.4 Å². The summed E-state index contributed by atoms with van der Waals surface area (Å²) in [6.07, 6.45) is 0.400. The van der Waals surface area contributed by atoms with Gasteiger partial charge in [0.15, 0.2) is 0 Å². The maximum absolute atomic E-state index is 11.3. The van der Waals surface area contributed by atoms with E-state index >= 15 is 0 Å². The van der Waals surface area contributed by atoms with E-state index in [9.17, 15) is 5.11 Å². The Bertz CT molecular complexity index is 606. The summed E-state index contributed by atoms with van der Waals surface area (Å²) in [5.74, 6) is 0.140. The average Bonchev–Trinajstić information content (AvgIpc) is 3.01. The van der Waals surface area contributed by atoms with Crippen LogP contribution in [0.4, 0.5) is 0 Å². The molecule has 0 radical (unpaired) electrons. The van der Waals surface area contributed by atoms with Crippen molar-refractivity contribution in [3.63, 3.8) is 0 Å². The molecule has 142 valence electrons. The van der Waals surface area contributed by atoms with Gasteiger partial charge < -0.3 is 14.7 Å². The standard InChI is InChI=1S/C22H29NO2.ClH/c1-3-23(4-2)16-15-18-17-25-22(21(18)24,19-11-7-5-8-12-19)20-13-9-6-10-14-20;/h5-14,18,21,24H,3-4,15-17H2,1-2H3;1H/t18-,21-;/m1./s1. The summed E-state index contributed by atoms with van der Waals surface area (Å²) >= 11 is 0. The molecule has 3 nitrogen and oxygen atoms in total. The highest BCUT2D eigenvalue weighted by molar-refractivity contribution is 5.85. The predicted molar refractivity (Wildman–Crippen MR) is 109 cm³/mol. The summed E-state index contributed by atoms with van der Waals surface area (Å²) in [6.45, 7) is 8.04. The summed E-state index contributed by atoms with van der Waals surface area (Å²) in [6, 6.07) is 20.3. The van der Waals surface area contributed by atoms with E-state index < -0.39 is 11.7 Å². The first-order valence-corrected chi connectivity index (χ1v) is 9.37. The zero-order valence-electron chi connectivity index (χ0n) is 15.7. The van der Waals surface area contributed by atoms with Crippen LogP contribution in [0.5, 0.6) is 0 Å². The molecular weight excluding hydrogens is 346 g/mol. The van der Waals surface area contributed by atoms with Gasteiger partial charge in [-0.2, -0.15) is 0 Å². The minimum absolute atomic E-state index is 0. The van der Waals surface area contributed by atoms with Crippen molar-refractivity contribution in [3.05, 3.63) is 71.8 Å². The number of aliphatic hydroxyl groups excluding tert-OH is 1. The zero-order valence-corrected chi connectivity index (χ0v) is 16.5. The molecule has 1 heterocycles. The Kier molecular flexibility index (Phi) is 7.66. The number of hydrogen-bond donors (Lipinski definition) is 1. The molecule has 4 heteroatoms. The van der Waals surface area contributed by atoms with Crippen molar-refractivity contribution in [1.29, 1.82) is 0 Å². The van der Waals surface area contributed by atoms with E-state index in [1.165, 1.54) is 0 Å². The van der Waals surface area contributed by atoms with Gasteiger partial charge in [-0.3, -0.25) is 0 Å². The molecule has 0 aliphatic carbocycles. The molecule has 0 bridgehead atoms. The van der Waals surface area contributed by atoms with Gasteiger partial charge >= 0.3 is 0 Å². The van der Waals surface area contributed by atoms with Crippen LogP contribution in [0.1, 0.15) is 31.4 Å². The molecule has 2 aromatic carbocycles. The second-order valence-electron chi connectivity index (χ2n) is 6.80. The first kappa shape index (κ1) is 20.9. The topological polar surface area (TPSA) is 32.7 Å². The second-order valence-corrected chi connectivity index (χ2v) is 6.80. The lowest BCUT2D eigenvalue weighted by atomic mass is 9.78. The third kappa shape index (κ3) is 3.96. The molecule has 3 rings (SSSR count). The normalized spacial score (nSPS) is 21.5. The minimum atomic E-state index is -0.767. The Hall–Kier alpha value is -1.39. The van der Waals surface area contributed by atoms with Gasteiger partial charge in [0, 0.05) is 5.92 Å². The molecule has 2 aromatic rings. The molecule has 0 aromatic heterocycles. The van der Waals surface area contributed by atoms with Crippen LogP contribution in [0.15, 0.2) is 60.7 Å². The smallest absolute Gasteiger partial charge is 0.144 e. The van der Waals surface area contributed by atoms with Crippen molar-refractivity contribution in [1.82, 2.24) is 4.90 Å². The van der Waals surface area contributed by atoms with Crippen molar-refractivity contribution < 1.29 is 9.84 Å². The fourth-order valence-electron chi connectivity index (χ4n) is 3.92. The van der Waals surface area contributed by atoms with Gasteiger partial charge in [0.25, 0.3) is 0 Å². The highest BCUT2D eigenvalue weighted by atomic mass is 35.5. The lowest BCUT2D eigenvalue weighted by Gasteiger charge is -2.34. The molecule has 1 saturated heterocycles. The minimum Gasteiger partial charge on any atom is -0.389 e. The number of aliphatic hydroxyl groups is 1. The Morgan fingerprint density at radius 2 is 1.46 bits per heavy atom. The van der Waals surface area contributed by atoms with E-state index in [1.807, 2.05) is 36.4 Å². The molecule has 1 fully saturated rings. The summed E-state index contributed by atoms with van der Waals surface area (Å²) in [5.41, 5.74) is 1.29. The third-order valence-corrected chi connectivity index (χ3v) is 5.50. The van der Waals surface area contributed by atoms with Crippen molar-refractivity contribution in [2.45, 2.75) is 32.0 Å². The Balaban J connectivity index is 0.00000243. The fraction of sp³-hybridized carbons (Fsp3) is 0.455. The number of rotatable bonds is 7. The zero-order chi connectivity index (χ0) is 17.7. The molecule has 1 aliphatic heterocycles. The van der Waals surface area contributed by atoms with Crippen molar-refractivity contribution in [3.8, 4) is 0 Å². The van der Waals surface area contributed by atoms with Crippen LogP contribution in [0, 0.1) is 5.92 Å². The molecule has 0 spiro atoms. The predicted octanol–water partition coefficient (Wildman–Crippen LogP) is 4.09. The van der Waals surface area contributed by atoms with Crippen LogP contribution in [0.3, 0.4) is 0 Å². The lowest BCUT2D eigenvalue weighted by molar-refractivity contribution is -0.0333. The Morgan fingerprint density at radius 1 is 0.962 bits per heavy atom. The Labute approximate surface area is 163 Å². The molecule has 1 aliphatic rings. The quantitative estimate of drug-likeness (QED) is 0.791. The van der Waals surface area contributed by atoms with Gasteiger partial charge in [0.05, 0.1) is 12.7 Å². The van der Waals surface area contributed by atoms with Crippen LogP contribution >= 0.6 is 12.4 Å². The van der Waals surface area contributed by atoms with E-state index in [4.69, 9.17) is 4.74 Å². The SMILES string of the molecule is CCN(CC)CC[C@@H]1COC(c2ccccc2)(c2ccccc2)[C@@H]1O.Cl. The summed E-state index contributed by atoms with van der Waals surface area (Å²) in [7, 11) is 0. The summed E-state index contributed by atoms with van der Waals surface area (Å²) in [5, 5.41) is 11.3. The molecule has 0 unspecified atom stereocenters. The number of nitrogens with zero attached hydrogens (tertiary/aromatic N) is 1. The molecular formula is C22H30ClNO2. The van der Waals surface area contributed by atoms with Crippen LogP contribution in [0.25, 0.3) is 0 Å². The summed E-state index contributed by atoms with van der Waals surface area (Å²) < 4.78 is 6.37. The van der Waals surface area contributed by atoms with Gasteiger partial charge in [-0.25, -0.2) is 0 Å². The van der Waals surface area contributed by atoms with Gasteiger partial charge in [-0.05, 0) is 37.2 Å². The summed E-state index contributed by atoms with van der Waals surface area (Å²) in [4.78, 5) is 2.40. The van der Waals surface area contributed by atoms with Crippen LogP contribution in [-0.2, 0) is 10.3 Å². The first-order chi connectivity index (χ1) is 12.2. The number of ether oxygens (including phenoxy) is 1. The highest BCUT2D eigenvalue weighted by Gasteiger charge is 2.51. The van der Waals surface area contributed by atoms with Gasteiger partial charge in [0.2, 0.25) is 0 Å². The molecule has 2 atom stereocenters. The van der Waals surface area contributed by atoms with Crippen LogP contribution in [0.2, 0.25) is 0 Å². The largest absolute Gasteiger partial charge is 0.389 e. The monoisotopic (exact) mass is 375 g/mol. The second kappa shape index (κ2) is 9.52. The molecule has 26 heavy (non-hydrogen) atoms. The Morgan fingerprint density at radius 3 is 1.92 bits per heavy atom. The van der Waals surface area contributed by atoms with E-state index in [0.717, 1.165) is 37.2 Å². The number of halogens is 1. The molecule has 0 saturated carbocycles. The van der Waals surface area contributed by atoms with E-state index in [-0.39, 0.29) is 18.3 Å². The number of benzene rings is 2.